The summed E-state index contributed by atoms with van der Waals surface area (Å²) in [5.74, 6) is 0.885. The first-order valence-corrected chi connectivity index (χ1v) is 8.68. The van der Waals surface area contributed by atoms with Crippen molar-refractivity contribution in [3.8, 4) is 0 Å². The average Bonchev–Trinajstić information content (AvgIpc) is 3.02. The van der Waals surface area contributed by atoms with E-state index in [0.29, 0.717) is 6.04 Å². The van der Waals surface area contributed by atoms with E-state index in [2.05, 4.69) is 16.4 Å². The molecule has 0 unspecified atom stereocenters. The summed E-state index contributed by atoms with van der Waals surface area (Å²) in [6, 6.07) is 10.6. The van der Waals surface area contributed by atoms with Crippen molar-refractivity contribution in [1.29, 1.82) is 0 Å². The van der Waals surface area contributed by atoms with Crippen LogP contribution in [-0.4, -0.2) is 25.4 Å². The van der Waals surface area contributed by atoms with Crippen LogP contribution in [0.2, 0.25) is 0 Å². The second kappa shape index (κ2) is 5.44. The van der Waals surface area contributed by atoms with Gasteiger partial charge < -0.3 is 5.32 Å². The Morgan fingerprint density at radius 1 is 0.958 bits per heavy atom. The Kier molecular flexibility index (Phi) is 3.11. The SMILES string of the molecule is c1cnc2c(NC3CCCCC3)nc3c(nc4ccccn43)c2c1. The molecule has 0 aliphatic heterocycles. The lowest BCUT2D eigenvalue weighted by atomic mass is 9.95. The topological polar surface area (TPSA) is 55.1 Å². The van der Waals surface area contributed by atoms with Gasteiger partial charge in [0.2, 0.25) is 0 Å². The van der Waals surface area contributed by atoms with Crippen molar-refractivity contribution in [3.05, 3.63) is 42.7 Å². The summed E-state index contributed by atoms with van der Waals surface area (Å²) < 4.78 is 2.05. The van der Waals surface area contributed by atoms with Crippen molar-refractivity contribution in [3.63, 3.8) is 0 Å². The minimum Gasteiger partial charge on any atom is -0.365 e. The highest BCUT2D eigenvalue weighted by atomic mass is 15.1. The summed E-state index contributed by atoms with van der Waals surface area (Å²) >= 11 is 0. The molecule has 5 heteroatoms. The number of imidazole rings is 1. The van der Waals surface area contributed by atoms with Crippen LogP contribution in [0.1, 0.15) is 32.1 Å². The van der Waals surface area contributed by atoms with Crippen LogP contribution in [0.5, 0.6) is 0 Å². The van der Waals surface area contributed by atoms with Crippen LogP contribution in [-0.2, 0) is 0 Å². The molecule has 5 nitrogen and oxygen atoms in total. The van der Waals surface area contributed by atoms with E-state index in [9.17, 15) is 0 Å². The van der Waals surface area contributed by atoms with Crippen molar-refractivity contribution < 1.29 is 0 Å². The van der Waals surface area contributed by atoms with Gasteiger partial charge in [-0.05, 0) is 37.1 Å². The van der Waals surface area contributed by atoms with E-state index < -0.39 is 0 Å². The fourth-order valence-electron chi connectivity index (χ4n) is 3.76. The zero-order valence-corrected chi connectivity index (χ0v) is 13.4. The van der Waals surface area contributed by atoms with Crippen LogP contribution in [0.15, 0.2) is 42.7 Å². The molecule has 1 aliphatic rings. The Bertz CT molecular complexity index is 1030. The fourth-order valence-corrected chi connectivity index (χ4v) is 3.76. The maximum absolute atomic E-state index is 4.91. The van der Waals surface area contributed by atoms with Gasteiger partial charge >= 0.3 is 0 Å². The zero-order valence-electron chi connectivity index (χ0n) is 13.4. The molecule has 1 saturated carbocycles. The van der Waals surface area contributed by atoms with Crippen LogP contribution in [0.3, 0.4) is 0 Å². The highest BCUT2D eigenvalue weighted by Gasteiger charge is 2.18. The number of pyridine rings is 3. The van der Waals surface area contributed by atoms with Crippen LogP contribution in [0, 0.1) is 0 Å². The normalized spacial score (nSPS) is 16.2. The largest absolute Gasteiger partial charge is 0.365 e. The van der Waals surface area contributed by atoms with Gasteiger partial charge in [-0.1, -0.05) is 25.3 Å². The summed E-state index contributed by atoms with van der Waals surface area (Å²) in [6.07, 6.45) is 10.2. The molecule has 1 fully saturated rings. The lowest BCUT2D eigenvalue weighted by Crippen LogP contribution is -2.23. The molecule has 0 radical (unpaired) electrons. The van der Waals surface area contributed by atoms with Gasteiger partial charge in [0.25, 0.3) is 0 Å². The van der Waals surface area contributed by atoms with Gasteiger partial charge in [0.05, 0.1) is 0 Å². The molecule has 120 valence electrons. The highest BCUT2D eigenvalue weighted by molar-refractivity contribution is 6.06. The molecular weight excluding hydrogens is 298 g/mol. The number of rotatable bonds is 2. The number of anilines is 1. The quantitative estimate of drug-likeness (QED) is 0.603. The Hall–Kier alpha value is -2.69. The van der Waals surface area contributed by atoms with Crippen molar-refractivity contribution in [2.75, 3.05) is 5.32 Å². The summed E-state index contributed by atoms with van der Waals surface area (Å²) in [5.41, 5.74) is 3.64. The van der Waals surface area contributed by atoms with Gasteiger partial charge in [-0.25, -0.2) is 9.97 Å². The number of aromatic nitrogens is 4. The predicted molar refractivity (Wildman–Crippen MR) is 96.3 cm³/mol. The van der Waals surface area contributed by atoms with Crippen molar-refractivity contribution in [2.45, 2.75) is 38.1 Å². The molecule has 0 saturated heterocycles. The fraction of sp³-hybridized carbons (Fsp3) is 0.316. The third-order valence-corrected chi connectivity index (χ3v) is 4.96. The first-order valence-electron chi connectivity index (χ1n) is 8.68. The maximum Gasteiger partial charge on any atom is 0.167 e. The molecule has 24 heavy (non-hydrogen) atoms. The van der Waals surface area contributed by atoms with Gasteiger partial charge in [0, 0.05) is 23.8 Å². The molecule has 4 aromatic heterocycles. The Morgan fingerprint density at radius 3 is 2.79 bits per heavy atom. The van der Waals surface area contributed by atoms with Gasteiger partial charge in [-0.3, -0.25) is 9.38 Å². The van der Waals surface area contributed by atoms with Crippen LogP contribution in [0.4, 0.5) is 5.82 Å². The second-order valence-electron chi connectivity index (χ2n) is 6.55. The van der Waals surface area contributed by atoms with E-state index >= 15 is 0 Å². The minimum absolute atomic E-state index is 0.494. The van der Waals surface area contributed by atoms with Crippen LogP contribution < -0.4 is 5.32 Å². The summed E-state index contributed by atoms with van der Waals surface area (Å²) in [7, 11) is 0. The number of nitrogens with one attached hydrogen (secondary N) is 1. The van der Waals surface area contributed by atoms with Crippen molar-refractivity contribution >= 4 is 33.5 Å². The zero-order chi connectivity index (χ0) is 15.9. The third kappa shape index (κ3) is 2.12. The standard InChI is InChI=1S/C19H19N5/c1-2-7-13(8-3-1)21-18-16-14(9-6-11-20-16)17-19(23-18)24-12-5-4-10-15(24)22-17/h4-6,9-13H,1-3,7-8H2,(H,21,23). The van der Waals surface area contributed by atoms with E-state index in [1.54, 1.807) is 0 Å². The van der Waals surface area contributed by atoms with Crippen molar-refractivity contribution in [1.82, 2.24) is 19.4 Å². The van der Waals surface area contributed by atoms with Crippen LogP contribution in [0.25, 0.3) is 27.7 Å². The number of hydrogen-bond acceptors (Lipinski definition) is 4. The van der Waals surface area contributed by atoms with E-state index in [0.717, 1.165) is 33.5 Å². The monoisotopic (exact) mass is 317 g/mol. The highest BCUT2D eigenvalue weighted by Crippen LogP contribution is 2.30. The van der Waals surface area contributed by atoms with Gasteiger partial charge in [0.15, 0.2) is 11.5 Å². The second-order valence-corrected chi connectivity index (χ2v) is 6.55. The average molecular weight is 317 g/mol. The lowest BCUT2D eigenvalue weighted by Gasteiger charge is -2.23. The maximum atomic E-state index is 4.91. The molecule has 0 spiro atoms. The van der Waals surface area contributed by atoms with Gasteiger partial charge in [-0.2, -0.15) is 0 Å². The molecule has 1 N–H and O–H groups in total. The number of hydrogen-bond donors (Lipinski definition) is 1. The molecule has 0 amide bonds. The molecular formula is C19H19N5. The van der Waals surface area contributed by atoms with E-state index in [1.807, 2.05) is 41.1 Å². The first kappa shape index (κ1) is 13.7. The molecule has 4 aromatic rings. The van der Waals surface area contributed by atoms with Gasteiger partial charge in [0.1, 0.15) is 16.7 Å². The molecule has 0 aromatic carbocycles. The van der Waals surface area contributed by atoms with Gasteiger partial charge in [-0.15, -0.1) is 0 Å². The molecule has 5 rings (SSSR count). The number of fused-ring (bicyclic) bond motifs is 5. The molecule has 0 bridgehead atoms. The summed E-state index contributed by atoms with van der Waals surface area (Å²) in [4.78, 5) is 14.3. The van der Waals surface area contributed by atoms with E-state index in [4.69, 9.17) is 9.97 Å². The Labute approximate surface area is 139 Å². The Morgan fingerprint density at radius 2 is 1.88 bits per heavy atom. The minimum atomic E-state index is 0.494. The first-order chi connectivity index (χ1) is 11.9. The predicted octanol–water partition coefficient (Wildman–Crippen LogP) is 4.18. The Balaban J connectivity index is 1.76. The van der Waals surface area contributed by atoms with Crippen molar-refractivity contribution in [2.24, 2.45) is 0 Å². The molecule has 4 heterocycles. The third-order valence-electron chi connectivity index (χ3n) is 4.96. The molecule has 1 aliphatic carbocycles. The smallest absolute Gasteiger partial charge is 0.167 e. The summed E-state index contributed by atoms with van der Waals surface area (Å²) in [6.45, 7) is 0. The number of nitrogens with zero attached hydrogens (tertiary/aromatic N) is 4. The van der Waals surface area contributed by atoms with Crippen LogP contribution >= 0.6 is 0 Å². The lowest BCUT2D eigenvalue weighted by molar-refractivity contribution is 0.462. The summed E-state index contributed by atoms with van der Waals surface area (Å²) in [5, 5.41) is 4.72. The molecule has 0 atom stereocenters. The van der Waals surface area contributed by atoms with E-state index in [1.165, 1.54) is 32.1 Å². The van der Waals surface area contributed by atoms with E-state index in [-0.39, 0.29) is 0 Å².